The summed E-state index contributed by atoms with van der Waals surface area (Å²) in [5, 5.41) is 0.0704. The molecule has 3 aromatic rings. The van der Waals surface area contributed by atoms with Gasteiger partial charge < -0.3 is 4.98 Å². The van der Waals surface area contributed by atoms with Crippen LogP contribution in [0.4, 0.5) is 13.2 Å². The number of aromatic nitrogens is 3. The molecule has 0 spiro atoms. The number of H-pyrrole nitrogens is 1. The molecule has 0 amide bonds. The standard InChI is InChI=1S/C18H13ClF3N3O/c1-9-14(16(26)15(19)10(2)25-9)17-23-7-12(8-24-17)11-3-5-13(6-4-11)18(20,21)22/h3-8H,1-2H3,(H,25,26). The summed E-state index contributed by atoms with van der Waals surface area (Å²) in [7, 11) is 0. The van der Waals surface area contributed by atoms with Crippen LogP contribution >= 0.6 is 11.6 Å². The van der Waals surface area contributed by atoms with Crippen LogP contribution in [0, 0.1) is 13.8 Å². The smallest absolute Gasteiger partial charge is 0.361 e. The van der Waals surface area contributed by atoms with E-state index in [1.807, 2.05) is 0 Å². The van der Waals surface area contributed by atoms with E-state index in [1.54, 1.807) is 13.8 Å². The molecule has 0 saturated heterocycles. The molecule has 0 bridgehead atoms. The number of nitrogens with one attached hydrogen (secondary N) is 1. The Morgan fingerprint density at radius 2 is 1.54 bits per heavy atom. The van der Waals surface area contributed by atoms with E-state index in [0.29, 0.717) is 22.5 Å². The van der Waals surface area contributed by atoms with Crippen molar-refractivity contribution < 1.29 is 13.2 Å². The molecule has 0 aliphatic rings. The molecule has 0 radical (unpaired) electrons. The van der Waals surface area contributed by atoms with Gasteiger partial charge in [0.2, 0.25) is 5.43 Å². The largest absolute Gasteiger partial charge is 0.416 e. The Morgan fingerprint density at radius 3 is 2.08 bits per heavy atom. The van der Waals surface area contributed by atoms with Crippen LogP contribution in [-0.4, -0.2) is 15.0 Å². The zero-order valence-corrected chi connectivity index (χ0v) is 14.5. The summed E-state index contributed by atoms with van der Waals surface area (Å²) in [4.78, 5) is 23.7. The molecule has 0 unspecified atom stereocenters. The summed E-state index contributed by atoms with van der Waals surface area (Å²) in [5.74, 6) is 0.196. The lowest BCUT2D eigenvalue weighted by atomic mass is 10.1. The van der Waals surface area contributed by atoms with Gasteiger partial charge in [-0.05, 0) is 31.5 Å². The van der Waals surface area contributed by atoms with Gasteiger partial charge in [0.05, 0.1) is 11.1 Å². The molecule has 1 N–H and O–H groups in total. The van der Waals surface area contributed by atoms with E-state index >= 15 is 0 Å². The van der Waals surface area contributed by atoms with Crippen molar-refractivity contribution >= 4 is 11.6 Å². The molecule has 1 aromatic carbocycles. The highest BCUT2D eigenvalue weighted by Crippen LogP contribution is 2.31. The van der Waals surface area contributed by atoms with E-state index in [0.717, 1.165) is 12.1 Å². The van der Waals surface area contributed by atoms with Crippen LogP contribution < -0.4 is 5.43 Å². The maximum atomic E-state index is 12.6. The molecular formula is C18H13ClF3N3O. The second kappa shape index (κ2) is 6.57. The Labute approximate surface area is 151 Å². The zero-order chi connectivity index (χ0) is 19.1. The van der Waals surface area contributed by atoms with Crippen molar-refractivity contribution in [3.8, 4) is 22.5 Å². The Kier molecular flexibility index (Phi) is 4.58. The van der Waals surface area contributed by atoms with Crippen molar-refractivity contribution in [2.45, 2.75) is 20.0 Å². The molecule has 0 atom stereocenters. The molecular weight excluding hydrogens is 367 g/mol. The monoisotopic (exact) mass is 379 g/mol. The zero-order valence-electron chi connectivity index (χ0n) is 13.8. The first-order chi connectivity index (χ1) is 12.2. The van der Waals surface area contributed by atoms with Crippen LogP contribution in [0.3, 0.4) is 0 Å². The summed E-state index contributed by atoms with van der Waals surface area (Å²) in [6.45, 7) is 3.41. The van der Waals surface area contributed by atoms with E-state index in [9.17, 15) is 18.0 Å². The van der Waals surface area contributed by atoms with Gasteiger partial charge in [0, 0.05) is 29.3 Å². The Hall–Kier alpha value is -2.67. The highest BCUT2D eigenvalue weighted by molar-refractivity contribution is 6.31. The second-order valence-electron chi connectivity index (χ2n) is 5.76. The molecule has 0 aliphatic heterocycles. The number of aromatic amines is 1. The quantitative estimate of drug-likeness (QED) is 0.696. The van der Waals surface area contributed by atoms with Gasteiger partial charge >= 0.3 is 6.18 Å². The average molecular weight is 380 g/mol. The summed E-state index contributed by atoms with van der Waals surface area (Å²) in [6, 6.07) is 4.69. The highest BCUT2D eigenvalue weighted by Gasteiger charge is 2.30. The van der Waals surface area contributed by atoms with Crippen LogP contribution in [0.5, 0.6) is 0 Å². The lowest BCUT2D eigenvalue weighted by Crippen LogP contribution is -2.13. The number of aryl methyl sites for hydroxylation is 2. The molecule has 134 valence electrons. The van der Waals surface area contributed by atoms with Gasteiger partial charge in [-0.15, -0.1) is 0 Å². The molecule has 2 heterocycles. The van der Waals surface area contributed by atoms with Gasteiger partial charge in [-0.1, -0.05) is 23.7 Å². The number of nitrogens with zero attached hydrogens (tertiary/aromatic N) is 2. The fourth-order valence-electron chi connectivity index (χ4n) is 2.58. The molecule has 0 fully saturated rings. The normalized spacial score (nSPS) is 11.6. The van der Waals surface area contributed by atoms with Gasteiger partial charge in [-0.3, -0.25) is 4.79 Å². The third-order valence-electron chi connectivity index (χ3n) is 3.93. The molecule has 26 heavy (non-hydrogen) atoms. The van der Waals surface area contributed by atoms with Gasteiger partial charge in [0.1, 0.15) is 5.02 Å². The summed E-state index contributed by atoms with van der Waals surface area (Å²) >= 11 is 5.99. The summed E-state index contributed by atoms with van der Waals surface area (Å²) in [5.41, 5.74) is 1.38. The van der Waals surface area contributed by atoms with Gasteiger partial charge in [-0.25, -0.2) is 9.97 Å². The third-order valence-corrected chi connectivity index (χ3v) is 4.38. The van der Waals surface area contributed by atoms with Crippen LogP contribution in [0.25, 0.3) is 22.5 Å². The number of hydrogen-bond acceptors (Lipinski definition) is 3. The predicted octanol–water partition coefficient (Wildman–Crippen LogP) is 4.79. The summed E-state index contributed by atoms with van der Waals surface area (Å²) < 4.78 is 37.9. The summed E-state index contributed by atoms with van der Waals surface area (Å²) in [6.07, 6.45) is -1.47. The van der Waals surface area contributed by atoms with E-state index in [2.05, 4.69) is 15.0 Å². The molecule has 4 nitrogen and oxygen atoms in total. The van der Waals surface area contributed by atoms with E-state index in [1.165, 1.54) is 24.5 Å². The van der Waals surface area contributed by atoms with Gasteiger partial charge in [-0.2, -0.15) is 13.2 Å². The molecule has 2 aromatic heterocycles. The number of halogens is 4. The lowest BCUT2D eigenvalue weighted by Gasteiger charge is -2.09. The topological polar surface area (TPSA) is 58.6 Å². The van der Waals surface area contributed by atoms with Crippen LogP contribution in [0.15, 0.2) is 41.5 Å². The third kappa shape index (κ3) is 3.35. The number of alkyl halides is 3. The molecule has 0 aliphatic carbocycles. The van der Waals surface area contributed by atoms with Crippen LogP contribution in [0.2, 0.25) is 5.02 Å². The van der Waals surface area contributed by atoms with Crippen molar-refractivity contribution in [2.24, 2.45) is 0 Å². The van der Waals surface area contributed by atoms with Gasteiger partial charge in [0.25, 0.3) is 0 Å². The number of pyridine rings is 1. The molecule has 3 rings (SSSR count). The number of hydrogen-bond donors (Lipinski definition) is 1. The first kappa shape index (κ1) is 18.1. The second-order valence-corrected chi connectivity index (χ2v) is 6.14. The average Bonchev–Trinajstić information content (AvgIpc) is 2.60. The minimum Gasteiger partial charge on any atom is -0.361 e. The van der Waals surface area contributed by atoms with E-state index < -0.39 is 11.7 Å². The van der Waals surface area contributed by atoms with Crippen molar-refractivity contribution in [1.82, 2.24) is 15.0 Å². The SMILES string of the molecule is Cc1[nH]c(C)c(-c2ncc(-c3ccc(C(F)(F)F)cc3)cn2)c(=O)c1Cl. The van der Waals surface area contributed by atoms with Crippen molar-refractivity contribution in [3.05, 3.63) is 68.9 Å². The first-order valence-corrected chi connectivity index (χ1v) is 7.95. The molecule has 0 saturated carbocycles. The van der Waals surface area contributed by atoms with Crippen molar-refractivity contribution in [3.63, 3.8) is 0 Å². The van der Waals surface area contributed by atoms with Crippen LogP contribution in [-0.2, 0) is 6.18 Å². The first-order valence-electron chi connectivity index (χ1n) is 7.57. The van der Waals surface area contributed by atoms with Crippen molar-refractivity contribution in [2.75, 3.05) is 0 Å². The maximum absolute atomic E-state index is 12.6. The Morgan fingerprint density at radius 1 is 0.962 bits per heavy atom. The molecule has 8 heteroatoms. The van der Waals surface area contributed by atoms with Crippen LogP contribution in [0.1, 0.15) is 17.0 Å². The fourth-order valence-corrected chi connectivity index (χ4v) is 2.72. The maximum Gasteiger partial charge on any atom is 0.416 e. The van der Waals surface area contributed by atoms with E-state index in [4.69, 9.17) is 11.6 Å². The van der Waals surface area contributed by atoms with E-state index in [-0.39, 0.29) is 21.8 Å². The number of rotatable bonds is 2. The minimum atomic E-state index is -4.39. The highest BCUT2D eigenvalue weighted by atomic mass is 35.5. The lowest BCUT2D eigenvalue weighted by molar-refractivity contribution is -0.137. The number of benzene rings is 1. The fraction of sp³-hybridized carbons (Fsp3) is 0.167. The predicted molar refractivity (Wildman–Crippen MR) is 93.0 cm³/mol. The Balaban J connectivity index is 1.98. The van der Waals surface area contributed by atoms with Gasteiger partial charge in [0.15, 0.2) is 5.82 Å². The van der Waals surface area contributed by atoms with Crippen molar-refractivity contribution in [1.29, 1.82) is 0 Å². The Bertz CT molecular complexity index is 1010. The minimum absolute atomic E-state index is 0.0704.